The first-order valence-electron chi connectivity index (χ1n) is 8.42. The average molecular weight is 337 g/mol. The molecule has 2 aromatic heterocycles. The van der Waals surface area contributed by atoms with Gasteiger partial charge in [-0.3, -0.25) is 14.3 Å². The number of aryl methyl sites for hydroxylation is 2. The van der Waals surface area contributed by atoms with Gasteiger partial charge >= 0.3 is 5.69 Å². The van der Waals surface area contributed by atoms with Gasteiger partial charge in [0.1, 0.15) is 5.82 Å². The number of hydrogen-bond acceptors (Lipinski definition) is 4. The lowest BCUT2D eigenvalue weighted by Gasteiger charge is -2.16. The third kappa shape index (κ3) is 3.05. The Hall–Kier alpha value is -2.96. The Balaban J connectivity index is 1.48. The second-order valence-corrected chi connectivity index (χ2v) is 6.45. The van der Waals surface area contributed by atoms with Crippen LogP contribution in [0.4, 0.5) is 0 Å². The van der Waals surface area contributed by atoms with Gasteiger partial charge < -0.3 is 5.32 Å². The molecule has 3 aromatic rings. The Kier molecular flexibility index (Phi) is 3.83. The van der Waals surface area contributed by atoms with Crippen LogP contribution in [0.1, 0.15) is 34.7 Å². The summed E-state index contributed by atoms with van der Waals surface area (Å²) in [4.78, 5) is 28.7. The van der Waals surface area contributed by atoms with E-state index in [9.17, 15) is 9.59 Å². The molecule has 25 heavy (non-hydrogen) atoms. The molecule has 1 aliphatic heterocycles. The first kappa shape index (κ1) is 15.6. The van der Waals surface area contributed by atoms with E-state index in [0.717, 1.165) is 28.8 Å². The van der Waals surface area contributed by atoms with Gasteiger partial charge in [-0.2, -0.15) is 5.10 Å². The number of aromatic amines is 1. The van der Waals surface area contributed by atoms with Crippen molar-refractivity contribution < 1.29 is 4.79 Å². The van der Waals surface area contributed by atoms with Crippen molar-refractivity contribution >= 4 is 16.8 Å². The van der Waals surface area contributed by atoms with Gasteiger partial charge in [0.25, 0.3) is 5.91 Å². The predicted octanol–water partition coefficient (Wildman–Crippen LogP) is 1.56. The SMILES string of the molecule is Cc1ccc2cc(C(=O)NC3CCc4n[nH]c(=O)n4CC3)ccc2n1. The van der Waals surface area contributed by atoms with Gasteiger partial charge in [0.05, 0.1) is 5.52 Å². The van der Waals surface area contributed by atoms with E-state index in [-0.39, 0.29) is 17.6 Å². The minimum atomic E-state index is -0.181. The van der Waals surface area contributed by atoms with Crippen molar-refractivity contribution in [2.75, 3.05) is 0 Å². The maximum absolute atomic E-state index is 12.6. The van der Waals surface area contributed by atoms with Crippen molar-refractivity contribution in [1.82, 2.24) is 25.1 Å². The number of pyridine rings is 1. The summed E-state index contributed by atoms with van der Waals surface area (Å²) < 4.78 is 1.65. The fraction of sp³-hybridized carbons (Fsp3) is 0.333. The van der Waals surface area contributed by atoms with Crippen LogP contribution in [0.5, 0.6) is 0 Å². The van der Waals surface area contributed by atoms with Crippen molar-refractivity contribution in [2.24, 2.45) is 0 Å². The first-order valence-corrected chi connectivity index (χ1v) is 8.42. The number of nitrogens with one attached hydrogen (secondary N) is 2. The third-order valence-corrected chi connectivity index (χ3v) is 4.68. The van der Waals surface area contributed by atoms with Crippen LogP contribution in [0.2, 0.25) is 0 Å². The summed E-state index contributed by atoms with van der Waals surface area (Å²) in [5.41, 5.74) is 2.28. The number of aromatic nitrogens is 4. The summed E-state index contributed by atoms with van der Waals surface area (Å²) in [6, 6.07) is 9.49. The summed E-state index contributed by atoms with van der Waals surface area (Å²) in [5.74, 6) is 0.662. The second kappa shape index (κ2) is 6.16. The standard InChI is InChI=1S/C18H19N5O2/c1-11-2-3-12-10-13(4-6-15(12)19-11)17(24)20-14-5-7-16-21-22-18(25)23(16)9-8-14/h2-4,6,10,14H,5,7-9H2,1H3,(H,20,24)(H,22,25). The fourth-order valence-corrected chi connectivity index (χ4v) is 3.29. The summed E-state index contributed by atoms with van der Waals surface area (Å²) in [6.45, 7) is 2.51. The third-order valence-electron chi connectivity index (χ3n) is 4.68. The Morgan fingerprint density at radius 1 is 1.28 bits per heavy atom. The Morgan fingerprint density at radius 3 is 3.04 bits per heavy atom. The molecule has 1 atom stereocenters. The molecule has 4 rings (SSSR count). The smallest absolute Gasteiger partial charge is 0.343 e. The predicted molar refractivity (Wildman–Crippen MR) is 93.5 cm³/mol. The zero-order valence-corrected chi connectivity index (χ0v) is 14.0. The van der Waals surface area contributed by atoms with Crippen LogP contribution < -0.4 is 11.0 Å². The van der Waals surface area contributed by atoms with E-state index in [2.05, 4.69) is 20.5 Å². The van der Waals surface area contributed by atoms with Crippen molar-refractivity contribution in [3.8, 4) is 0 Å². The van der Waals surface area contributed by atoms with Crippen LogP contribution in [-0.4, -0.2) is 31.7 Å². The van der Waals surface area contributed by atoms with Crippen LogP contribution >= 0.6 is 0 Å². The molecule has 7 nitrogen and oxygen atoms in total. The first-order chi connectivity index (χ1) is 12.1. The van der Waals surface area contributed by atoms with Crippen molar-refractivity contribution in [3.05, 3.63) is 57.9 Å². The highest BCUT2D eigenvalue weighted by atomic mass is 16.2. The van der Waals surface area contributed by atoms with Gasteiger partial charge in [-0.15, -0.1) is 0 Å². The lowest BCUT2D eigenvalue weighted by atomic mass is 10.1. The molecule has 2 N–H and O–H groups in total. The molecule has 0 saturated carbocycles. The zero-order chi connectivity index (χ0) is 17.4. The van der Waals surface area contributed by atoms with E-state index >= 15 is 0 Å². The Labute approximate surface area is 144 Å². The summed E-state index contributed by atoms with van der Waals surface area (Å²) >= 11 is 0. The van der Waals surface area contributed by atoms with E-state index in [1.165, 1.54) is 0 Å². The highest BCUT2D eigenvalue weighted by Crippen LogP contribution is 2.16. The van der Waals surface area contributed by atoms with Crippen LogP contribution in [0.25, 0.3) is 10.9 Å². The van der Waals surface area contributed by atoms with Crippen LogP contribution in [0.15, 0.2) is 35.1 Å². The molecule has 0 radical (unpaired) electrons. The highest BCUT2D eigenvalue weighted by Gasteiger charge is 2.20. The Bertz CT molecular complexity index is 1000. The van der Waals surface area contributed by atoms with E-state index in [1.807, 2.05) is 31.2 Å². The number of carbonyl (C=O) groups is 1. The summed E-state index contributed by atoms with van der Waals surface area (Å²) in [5, 5.41) is 10.5. The molecular weight excluding hydrogens is 318 g/mol. The lowest BCUT2D eigenvalue weighted by molar-refractivity contribution is 0.0933. The minimum Gasteiger partial charge on any atom is -0.349 e. The number of rotatable bonds is 2. The molecule has 0 saturated heterocycles. The number of nitrogens with zero attached hydrogens (tertiary/aromatic N) is 3. The summed E-state index contributed by atoms with van der Waals surface area (Å²) in [7, 11) is 0. The molecule has 1 amide bonds. The van der Waals surface area contributed by atoms with Crippen LogP contribution in [-0.2, 0) is 13.0 Å². The Morgan fingerprint density at radius 2 is 2.16 bits per heavy atom. The molecule has 1 aromatic carbocycles. The van der Waals surface area contributed by atoms with Crippen LogP contribution in [0.3, 0.4) is 0 Å². The largest absolute Gasteiger partial charge is 0.349 e. The molecule has 128 valence electrons. The maximum Gasteiger partial charge on any atom is 0.343 e. The molecular formula is C18H19N5O2. The summed E-state index contributed by atoms with van der Waals surface area (Å²) in [6.07, 6.45) is 2.15. The van der Waals surface area contributed by atoms with Crippen molar-refractivity contribution in [3.63, 3.8) is 0 Å². The highest BCUT2D eigenvalue weighted by molar-refractivity contribution is 5.98. The number of amides is 1. The van der Waals surface area contributed by atoms with Crippen molar-refractivity contribution in [1.29, 1.82) is 0 Å². The van der Waals surface area contributed by atoms with Gasteiger partial charge in [-0.05, 0) is 44.0 Å². The molecule has 0 fully saturated rings. The second-order valence-electron chi connectivity index (χ2n) is 6.45. The maximum atomic E-state index is 12.6. The minimum absolute atomic E-state index is 0.0282. The van der Waals surface area contributed by atoms with Gasteiger partial charge in [0.15, 0.2) is 0 Å². The average Bonchev–Trinajstić information content (AvgIpc) is 2.83. The van der Waals surface area contributed by atoms with Gasteiger partial charge in [-0.1, -0.05) is 6.07 Å². The van der Waals surface area contributed by atoms with E-state index in [1.54, 1.807) is 10.6 Å². The van der Waals surface area contributed by atoms with E-state index < -0.39 is 0 Å². The molecule has 3 heterocycles. The van der Waals surface area contributed by atoms with Gasteiger partial charge in [-0.25, -0.2) is 9.89 Å². The van der Waals surface area contributed by atoms with Crippen molar-refractivity contribution in [2.45, 2.75) is 38.8 Å². The van der Waals surface area contributed by atoms with Gasteiger partial charge in [0, 0.05) is 35.7 Å². The molecule has 7 heteroatoms. The molecule has 0 aliphatic carbocycles. The normalized spacial score (nSPS) is 17.1. The van der Waals surface area contributed by atoms with E-state index in [4.69, 9.17) is 0 Å². The monoisotopic (exact) mass is 337 g/mol. The van der Waals surface area contributed by atoms with Crippen LogP contribution in [0, 0.1) is 6.92 Å². The number of carbonyl (C=O) groups excluding carboxylic acids is 1. The number of hydrogen-bond donors (Lipinski definition) is 2. The molecule has 1 aliphatic rings. The number of fused-ring (bicyclic) bond motifs is 2. The number of H-pyrrole nitrogens is 1. The van der Waals surface area contributed by atoms with Gasteiger partial charge in [0.2, 0.25) is 0 Å². The fourth-order valence-electron chi connectivity index (χ4n) is 3.29. The lowest BCUT2D eigenvalue weighted by Crippen LogP contribution is -2.35. The topological polar surface area (TPSA) is 92.7 Å². The van der Waals surface area contributed by atoms with E-state index in [0.29, 0.717) is 24.9 Å². The quantitative estimate of drug-likeness (QED) is 0.742. The molecule has 1 unspecified atom stereocenters. The molecule has 0 bridgehead atoms. The zero-order valence-electron chi connectivity index (χ0n) is 14.0. The molecule has 0 spiro atoms. The number of benzene rings is 1.